The summed E-state index contributed by atoms with van der Waals surface area (Å²) >= 11 is 0. The third kappa shape index (κ3) is 3.77. The van der Waals surface area contributed by atoms with Crippen molar-refractivity contribution in [2.45, 2.75) is 19.6 Å². The summed E-state index contributed by atoms with van der Waals surface area (Å²) in [6.45, 7) is 7.23. The minimum Gasteiger partial charge on any atom is -0.453 e. The number of ether oxygens (including phenoxy) is 3. The quantitative estimate of drug-likeness (QED) is 0.787. The minimum absolute atomic E-state index is 0.676. The molecule has 22 heavy (non-hydrogen) atoms. The Hall–Kier alpha value is -2.07. The van der Waals surface area contributed by atoms with Gasteiger partial charge in [0.2, 0.25) is 5.79 Å². The van der Waals surface area contributed by atoms with E-state index in [9.17, 15) is 0 Å². The summed E-state index contributed by atoms with van der Waals surface area (Å²) in [4.78, 5) is 0. The number of nitrogens with zero attached hydrogens (tertiary/aromatic N) is 1. The molecule has 0 aliphatic carbocycles. The van der Waals surface area contributed by atoms with Crippen LogP contribution >= 0.6 is 0 Å². The lowest BCUT2D eigenvalue weighted by molar-refractivity contribution is -0.544. The van der Waals surface area contributed by atoms with Crippen molar-refractivity contribution in [3.8, 4) is 0 Å². The molecule has 0 bridgehead atoms. The van der Waals surface area contributed by atoms with Crippen LogP contribution in [0.4, 0.5) is 0 Å². The van der Waals surface area contributed by atoms with Crippen LogP contribution in [0.1, 0.15) is 19.4 Å². The summed E-state index contributed by atoms with van der Waals surface area (Å²) in [5.41, 5.74) is 1.05. The molecule has 116 valence electrons. The summed E-state index contributed by atoms with van der Waals surface area (Å²) in [7, 11) is 0. The monoisotopic (exact) mass is 300 g/mol. The minimum atomic E-state index is -0.676. The number of hydrogen-bond acceptors (Lipinski definition) is 3. The molecule has 0 amide bonds. The van der Waals surface area contributed by atoms with E-state index in [1.54, 1.807) is 0 Å². The Morgan fingerprint density at radius 1 is 1.05 bits per heavy atom. The molecule has 2 heterocycles. The molecule has 2 aliphatic heterocycles. The molecule has 0 spiro atoms. The number of hydrogen-bond donors (Lipinski definition) is 0. The molecule has 0 unspecified atom stereocenters. The molecular weight excluding hydrogens is 278 g/mol. The zero-order chi connectivity index (χ0) is 15.4. The summed E-state index contributed by atoms with van der Waals surface area (Å²) in [6.07, 6.45) is 6.01. The topological polar surface area (TPSA) is 30.7 Å². The standard InChI is InChI=1S/C18H22NO3/c1-18(2)21-16(8-9-19-10-12-20-13-11-19)14-17(22-18)15-6-4-3-5-7-15/h3-9,14H,10-13H2,1-2H3/q+1. The molecule has 0 saturated carbocycles. The Labute approximate surface area is 131 Å². The predicted octanol–water partition coefficient (Wildman–Crippen LogP) is 2.81. The second-order valence-corrected chi connectivity index (χ2v) is 5.85. The summed E-state index contributed by atoms with van der Waals surface area (Å²) in [6, 6.07) is 10.1. The van der Waals surface area contributed by atoms with Crippen molar-refractivity contribution in [2.75, 3.05) is 26.3 Å². The van der Waals surface area contributed by atoms with Gasteiger partial charge in [-0.25, -0.2) is 4.58 Å². The van der Waals surface area contributed by atoms with Gasteiger partial charge in [0.05, 0.1) is 0 Å². The maximum atomic E-state index is 5.93. The molecule has 4 heteroatoms. The van der Waals surface area contributed by atoms with Crippen LogP contribution in [0, 0.1) is 0 Å². The molecule has 3 rings (SSSR count). The number of rotatable bonds is 2. The van der Waals surface area contributed by atoms with Gasteiger partial charge in [0, 0.05) is 31.6 Å². The molecule has 0 radical (unpaired) electrons. The molecule has 1 aromatic rings. The van der Waals surface area contributed by atoms with Crippen LogP contribution in [0.5, 0.6) is 0 Å². The second-order valence-electron chi connectivity index (χ2n) is 5.85. The van der Waals surface area contributed by atoms with Crippen molar-refractivity contribution < 1.29 is 18.8 Å². The predicted molar refractivity (Wildman–Crippen MR) is 85.6 cm³/mol. The maximum Gasteiger partial charge on any atom is 0.245 e. The Morgan fingerprint density at radius 3 is 2.50 bits per heavy atom. The zero-order valence-corrected chi connectivity index (χ0v) is 13.1. The fourth-order valence-corrected chi connectivity index (χ4v) is 2.49. The second kappa shape index (κ2) is 6.36. The van der Waals surface area contributed by atoms with Gasteiger partial charge in [-0.3, -0.25) is 0 Å². The van der Waals surface area contributed by atoms with Crippen LogP contribution in [0.2, 0.25) is 0 Å². The molecule has 4 nitrogen and oxygen atoms in total. The van der Waals surface area contributed by atoms with E-state index in [4.69, 9.17) is 14.2 Å². The van der Waals surface area contributed by atoms with Crippen molar-refractivity contribution >= 4 is 12.0 Å². The number of allylic oxidation sites excluding steroid dienone is 2. The largest absolute Gasteiger partial charge is 0.453 e. The van der Waals surface area contributed by atoms with E-state index in [2.05, 4.69) is 10.8 Å². The van der Waals surface area contributed by atoms with Gasteiger partial charge in [-0.1, -0.05) is 30.3 Å². The first-order valence-electron chi connectivity index (χ1n) is 7.64. The van der Waals surface area contributed by atoms with E-state index in [1.165, 1.54) is 0 Å². The average Bonchev–Trinajstić information content (AvgIpc) is 2.53. The van der Waals surface area contributed by atoms with Gasteiger partial charge in [-0.05, 0) is 0 Å². The first-order valence-corrected chi connectivity index (χ1v) is 7.64. The Kier molecular flexibility index (Phi) is 4.29. The fraction of sp³-hybridized carbons (Fsp3) is 0.389. The zero-order valence-electron chi connectivity index (χ0n) is 13.1. The Balaban J connectivity index is 1.86. The SMILES string of the molecule is CC1(C)OC(=CC=[N+]2CCOCC2)C=C(c2ccccc2)O1. The number of morpholine rings is 1. The van der Waals surface area contributed by atoms with Crippen LogP contribution in [-0.4, -0.2) is 42.9 Å². The van der Waals surface area contributed by atoms with Crippen molar-refractivity contribution in [1.29, 1.82) is 0 Å². The highest BCUT2D eigenvalue weighted by atomic mass is 16.7. The highest BCUT2D eigenvalue weighted by Crippen LogP contribution is 2.32. The van der Waals surface area contributed by atoms with E-state index in [-0.39, 0.29) is 0 Å². The Bertz CT molecular complexity index is 606. The first kappa shape index (κ1) is 14.9. The molecule has 0 aromatic heterocycles. The summed E-state index contributed by atoms with van der Waals surface area (Å²) in [5.74, 6) is 0.963. The highest BCUT2D eigenvalue weighted by molar-refractivity contribution is 5.71. The van der Waals surface area contributed by atoms with E-state index < -0.39 is 5.79 Å². The van der Waals surface area contributed by atoms with Gasteiger partial charge in [-0.15, -0.1) is 0 Å². The lowest BCUT2D eigenvalue weighted by atomic mass is 10.1. The average molecular weight is 300 g/mol. The molecular formula is C18H22NO3+. The van der Waals surface area contributed by atoms with Gasteiger partial charge < -0.3 is 14.2 Å². The third-order valence-corrected chi connectivity index (χ3v) is 3.55. The van der Waals surface area contributed by atoms with Crippen LogP contribution in [0.25, 0.3) is 5.76 Å². The van der Waals surface area contributed by atoms with Gasteiger partial charge in [0.15, 0.2) is 19.3 Å². The molecule has 1 fully saturated rings. The van der Waals surface area contributed by atoms with Crippen LogP contribution in [0.3, 0.4) is 0 Å². The van der Waals surface area contributed by atoms with Gasteiger partial charge >= 0.3 is 0 Å². The van der Waals surface area contributed by atoms with Crippen LogP contribution in [0.15, 0.2) is 48.2 Å². The fourth-order valence-electron chi connectivity index (χ4n) is 2.49. The van der Waals surface area contributed by atoms with E-state index in [0.29, 0.717) is 0 Å². The first-order chi connectivity index (χ1) is 10.6. The normalized spacial score (nSPS) is 22.5. The van der Waals surface area contributed by atoms with E-state index in [1.807, 2.05) is 56.3 Å². The van der Waals surface area contributed by atoms with Crippen molar-refractivity contribution in [3.63, 3.8) is 0 Å². The summed E-state index contributed by atoms with van der Waals surface area (Å²) in [5, 5.41) is 0. The smallest absolute Gasteiger partial charge is 0.245 e. The maximum absolute atomic E-state index is 5.93. The lowest BCUT2D eigenvalue weighted by Crippen LogP contribution is -2.31. The molecule has 0 N–H and O–H groups in total. The molecule has 0 atom stereocenters. The summed E-state index contributed by atoms with van der Waals surface area (Å²) < 4.78 is 19.4. The van der Waals surface area contributed by atoms with Crippen LogP contribution in [-0.2, 0) is 14.2 Å². The molecule has 1 saturated heterocycles. The Morgan fingerprint density at radius 2 is 1.77 bits per heavy atom. The van der Waals surface area contributed by atoms with Gasteiger partial charge in [0.1, 0.15) is 24.7 Å². The van der Waals surface area contributed by atoms with E-state index >= 15 is 0 Å². The van der Waals surface area contributed by atoms with E-state index in [0.717, 1.165) is 43.4 Å². The van der Waals surface area contributed by atoms with Crippen LogP contribution < -0.4 is 0 Å². The van der Waals surface area contributed by atoms with Crippen molar-refractivity contribution in [3.05, 3.63) is 53.8 Å². The lowest BCUT2D eigenvalue weighted by Gasteiger charge is -2.33. The number of benzene rings is 1. The molecule has 1 aromatic carbocycles. The van der Waals surface area contributed by atoms with Gasteiger partial charge in [0.25, 0.3) is 0 Å². The highest BCUT2D eigenvalue weighted by Gasteiger charge is 2.28. The van der Waals surface area contributed by atoms with Gasteiger partial charge in [-0.2, -0.15) is 0 Å². The molecule has 2 aliphatic rings. The van der Waals surface area contributed by atoms with Crippen molar-refractivity contribution in [1.82, 2.24) is 0 Å². The van der Waals surface area contributed by atoms with Crippen molar-refractivity contribution in [2.24, 2.45) is 0 Å². The third-order valence-electron chi connectivity index (χ3n) is 3.55.